The number of hydrogen-bond donors (Lipinski definition) is 0. The van der Waals surface area contributed by atoms with Crippen molar-refractivity contribution in [2.75, 3.05) is 26.7 Å². The Morgan fingerprint density at radius 1 is 0.514 bits per heavy atom. The standard InChI is InChI=1S/C32H54BO3P/c1-7-9-11-13-15-17-19-29-21-25-31(26-22-29)34-33(36-37(3,4,5)6)35-32-27-23-30(24-28-32)20-18-16-14-12-10-8-2/h21-28H,7-20H2,1-6H3. The van der Waals surface area contributed by atoms with Crippen molar-refractivity contribution in [2.45, 2.75) is 104 Å². The van der Waals surface area contributed by atoms with E-state index in [0.717, 1.165) is 24.3 Å². The van der Waals surface area contributed by atoms with E-state index in [1.54, 1.807) is 0 Å². The number of hydrogen-bond acceptors (Lipinski definition) is 3. The van der Waals surface area contributed by atoms with Crippen LogP contribution in [0.3, 0.4) is 0 Å². The second kappa shape index (κ2) is 16.5. The summed E-state index contributed by atoms with van der Waals surface area (Å²) in [7, 11) is -0.781. The van der Waals surface area contributed by atoms with Crippen LogP contribution in [-0.4, -0.2) is 34.0 Å². The molecule has 0 spiro atoms. The first-order valence-electron chi connectivity index (χ1n) is 14.9. The van der Waals surface area contributed by atoms with E-state index >= 15 is 0 Å². The fourth-order valence-corrected chi connectivity index (χ4v) is 5.10. The Morgan fingerprint density at radius 2 is 0.865 bits per heavy atom. The van der Waals surface area contributed by atoms with Crippen LogP contribution in [0.25, 0.3) is 0 Å². The Hall–Kier alpha value is -1.51. The summed E-state index contributed by atoms with van der Waals surface area (Å²) in [6.45, 7) is 10.9. The van der Waals surface area contributed by atoms with Gasteiger partial charge < -0.3 is 0 Å². The Morgan fingerprint density at radius 3 is 1.22 bits per heavy atom. The average molecular weight is 529 g/mol. The molecule has 0 aliphatic rings. The minimum atomic E-state index is -2.33. The van der Waals surface area contributed by atoms with Gasteiger partial charge in [0, 0.05) is 0 Å². The summed E-state index contributed by atoms with van der Waals surface area (Å²) in [5.41, 5.74) is 2.72. The summed E-state index contributed by atoms with van der Waals surface area (Å²) < 4.78 is 18.8. The molecular formula is C32H54BO3P. The molecule has 2 rings (SSSR count). The SMILES string of the molecule is CCCCCCCCc1ccc(OB(Oc2ccc(CCCCCCCC)cc2)OP(C)(C)(C)C)cc1. The van der Waals surface area contributed by atoms with Gasteiger partial charge in [0.05, 0.1) is 0 Å². The summed E-state index contributed by atoms with van der Waals surface area (Å²) in [5.74, 6) is 1.55. The third-order valence-corrected chi connectivity index (χ3v) is 7.47. The summed E-state index contributed by atoms with van der Waals surface area (Å²) in [4.78, 5) is 0. The zero-order valence-corrected chi connectivity index (χ0v) is 25.7. The molecule has 2 aromatic rings. The molecule has 0 fully saturated rings. The maximum atomic E-state index is 6.40. The van der Waals surface area contributed by atoms with Crippen LogP contribution in [0.2, 0.25) is 0 Å². The molecule has 0 aliphatic heterocycles. The van der Waals surface area contributed by atoms with Crippen molar-refractivity contribution in [3.63, 3.8) is 0 Å². The molecule has 2 aromatic carbocycles. The molecule has 0 amide bonds. The molecule has 0 aliphatic carbocycles. The van der Waals surface area contributed by atoms with Gasteiger partial charge in [-0.2, -0.15) is 0 Å². The topological polar surface area (TPSA) is 27.7 Å². The predicted molar refractivity (Wildman–Crippen MR) is 166 cm³/mol. The molecular weight excluding hydrogens is 474 g/mol. The van der Waals surface area contributed by atoms with Crippen molar-refractivity contribution < 1.29 is 13.7 Å². The molecule has 3 nitrogen and oxygen atoms in total. The normalized spacial score (nSPS) is 12.6. The first kappa shape index (κ1) is 31.7. The van der Waals surface area contributed by atoms with Crippen molar-refractivity contribution >= 4 is 14.2 Å². The minimum absolute atomic E-state index is 0.775. The molecule has 0 radical (unpaired) electrons. The van der Waals surface area contributed by atoms with Gasteiger partial charge in [0.1, 0.15) is 0 Å². The second-order valence-corrected chi connectivity index (χ2v) is 19.4. The number of rotatable bonds is 20. The molecule has 0 unspecified atom stereocenters. The Labute approximate surface area is 229 Å². The van der Waals surface area contributed by atoms with Crippen molar-refractivity contribution in [1.82, 2.24) is 0 Å². The number of unbranched alkanes of at least 4 members (excludes halogenated alkanes) is 10. The molecule has 0 bridgehead atoms. The maximum absolute atomic E-state index is 6.40. The quantitative estimate of drug-likeness (QED) is 0.0972. The van der Waals surface area contributed by atoms with E-state index in [2.05, 4.69) is 64.8 Å². The van der Waals surface area contributed by atoms with Crippen LogP contribution in [0.4, 0.5) is 0 Å². The van der Waals surface area contributed by atoms with Crippen molar-refractivity contribution in [3.8, 4) is 11.5 Å². The molecule has 0 N–H and O–H groups in total. The van der Waals surface area contributed by atoms with Gasteiger partial charge in [0.15, 0.2) is 0 Å². The molecule has 5 heteroatoms. The molecule has 0 saturated carbocycles. The first-order valence-corrected chi connectivity index (χ1v) is 18.8. The van der Waals surface area contributed by atoms with Crippen LogP contribution in [-0.2, 0) is 17.3 Å². The van der Waals surface area contributed by atoms with Crippen LogP contribution in [0.15, 0.2) is 48.5 Å². The van der Waals surface area contributed by atoms with E-state index < -0.39 is 14.2 Å². The van der Waals surface area contributed by atoms with Gasteiger partial charge in [-0.3, -0.25) is 0 Å². The van der Waals surface area contributed by atoms with Gasteiger partial charge in [-0.1, -0.05) is 39.5 Å². The summed E-state index contributed by atoms with van der Waals surface area (Å²) in [6, 6.07) is 16.9. The molecule has 0 saturated heterocycles. The van der Waals surface area contributed by atoms with Crippen molar-refractivity contribution in [3.05, 3.63) is 59.7 Å². The zero-order valence-electron chi connectivity index (χ0n) is 24.8. The number of aryl methyl sites for hydroxylation is 2. The third kappa shape index (κ3) is 15.5. The van der Waals surface area contributed by atoms with Crippen LogP contribution in [0.1, 0.15) is 102 Å². The molecule has 0 aromatic heterocycles. The van der Waals surface area contributed by atoms with E-state index in [0.29, 0.717) is 0 Å². The average Bonchev–Trinajstić information content (AvgIpc) is 2.84. The molecule has 37 heavy (non-hydrogen) atoms. The number of benzene rings is 2. The molecule has 0 atom stereocenters. The van der Waals surface area contributed by atoms with Crippen molar-refractivity contribution in [2.24, 2.45) is 0 Å². The van der Waals surface area contributed by atoms with Gasteiger partial charge in [-0.15, -0.1) is 0 Å². The first-order chi connectivity index (χ1) is 17.6. The van der Waals surface area contributed by atoms with Gasteiger partial charge in [-0.25, -0.2) is 0 Å². The summed E-state index contributed by atoms with van der Waals surface area (Å²) in [5, 5.41) is 0. The van der Waals surface area contributed by atoms with E-state index in [1.807, 2.05) is 24.3 Å². The fraction of sp³-hybridized carbons (Fsp3) is 0.625. The van der Waals surface area contributed by atoms with E-state index in [4.69, 9.17) is 13.7 Å². The fourth-order valence-electron chi connectivity index (χ4n) is 4.32. The van der Waals surface area contributed by atoms with Crippen LogP contribution >= 0.6 is 6.83 Å². The third-order valence-electron chi connectivity index (χ3n) is 6.46. The summed E-state index contributed by atoms with van der Waals surface area (Å²) >= 11 is 0. The van der Waals surface area contributed by atoms with Gasteiger partial charge in [0.2, 0.25) is 0 Å². The monoisotopic (exact) mass is 528 g/mol. The van der Waals surface area contributed by atoms with Crippen LogP contribution in [0, 0.1) is 0 Å². The zero-order chi connectivity index (χ0) is 27.0. The van der Waals surface area contributed by atoms with Crippen LogP contribution < -0.4 is 9.31 Å². The van der Waals surface area contributed by atoms with E-state index in [9.17, 15) is 0 Å². The van der Waals surface area contributed by atoms with E-state index in [1.165, 1.54) is 88.2 Å². The van der Waals surface area contributed by atoms with Gasteiger partial charge >= 0.3 is 190 Å². The predicted octanol–water partition coefficient (Wildman–Crippen LogP) is 9.94. The summed E-state index contributed by atoms with van der Waals surface area (Å²) in [6.07, 6.45) is 18.1. The Kier molecular flexibility index (Phi) is 14.1. The molecule has 208 valence electrons. The van der Waals surface area contributed by atoms with E-state index in [-0.39, 0.29) is 0 Å². The van der Waals surface area contributed by atoms with Gasteiger partial charge in [-0.05, 0) is 0 Å². The molecule has 0 heterocycles. The van der Waals surface area contributed by atoms with Crippen molar-refractivity contribution in [1.29, 1.82) is 0 Å². The van der Waals surface area contributed by atoms with Crippen LogP contribution in [0.5, 0.6) is 11.5 Å². The van der Waals surface area contributed by atoms with Gasteiger partial charge in [0.25, 0.3) is 0 Å². The second-order valence-electron chi connectivity index (χ2n) is 12.4. The Balaban J connectivity index is 1.89. The Bertz CT molecular complexity index is 788.